The van der Waals surface area contributed by atoms with E-state index in [1.807, 2.05) is 12.1 Å². The SMILES string of the molecule is c1ccc(-c2ccc(-c3nc(-c4ccc(-c5ccccc5)cc4)nc(-c4cccc(-c5ccc(-c6c(-c7ccccc7)c(-c7ccccc7)nc(-c7ccccc7)c6-c6ccccc6)cc5)c4)n3)cc2)cc1. The van der Waals surface area contributed by atoms with Gasteiger partial charge in [0.2, 0.25) is 0 Å². The summed E-state index contributed by atoms with van der Waals surface area (Å²) in [5, 5.41) is 0. The molecular formula is C68H46N4. The Morgan fingerprint density at radius 1 is 0.153 bits per heavy atom. The molecule has 0 unspecified atom stereocenters. The molecule has 72 heavy (non-hydrogen) atoms. The molecule has 2 aromatic heterocycles. The summed E-state index contributed by atoms with van der Waals surface area (Å²) in [6.45, 7) is 0. The molecule has 0 aliphatic carbocycles. The monoisotopic (exact) mass is 918 g/mol. The van der Waals surface area contributed by atoms with Crippen molar-refractivity contribution in [2.45, 2.75) is 0 Å². The Balaban J connectivity index is 0.981. The highest BCUT2D eigenvalue weighted by molar-refractivity contribution is 6.05. The zero-order chi connectivity index (χ0) is 48.1. The predicted octanol–water partition coefficient (Wildman–Crippen LogP) is 17.6. The van der Waals surface area contributed by atoms with Gasteiger partial charge in [-0.2, -0.15) is 0 Å². The fourth-order valence-corrected chi connectivity index (χ4v) is 9.57. The van der Waals surface area contributed by atoms with E-state index < -0.39 is 0 Å². The van der Waals surface area contributed by atoms with Crippen LogP contribution in [0.5, 0.6) is 0 Å². The highest BCUT2D eigenvalue weighted by Crippen LogP contribution is 2.49. The maximum absolute atomic E-state index is 5.62. The molecule has 12 rings (SSSR count). The third-order valence-electron chi connectivity index (χ3n) is 13.2. The Morgan fingerprint density at radius 2 is 0.403 bits per heavy atom. The average Bonchev–Trinajstić information content (AvgIpc) is 3.48. The van der Waals surface area contributed by atoms with Gasteiger partial charge in [0.1, 0.15) is 0 Å². The Labute approximate surface area is 420 Å². The van der Waals surface area contributed by atoms with Gasteiger partial charge in [0.05, 0.1) is 11.4 Å². The summed E-state index contributed by atoms with van der Waals surface area (Å²) >= 11 is 0. The van der Waals surface area contributed by atoms with Gasteiger partial charge in [-0.3, -0.25) is 0 Å². The molecule has 4 heteroatoms. The molecule has 0 saturated carbocycles. The van der Waals surface area contributed by atoms with Crippen molar-refractivity contribution >= 4 is 0 Å². The van der Waals surface area contributed by atoms with Crippen molar-refractivity contribution in [3.05, 3.63) is 279 Å². The van der Waals surface area contributed by atoms with Gasteiger partial charge in [-0.15, -0.1) is 0 Å². The summed E-state index contributed by atoms with van der Waals surface area (Å²) in [7, 11) is 0. The smallest absolute Gasteiger partial charge is 0.164 e. The van der Waals surface area contributed by atoms with Crippen LogP contribution in [0.1, 0.15) is 0 Å². The summed E-state index contributed by atoms with van der Waals surface area (Å²) < 4.78 is 0. The largest absolute Gasteiger partial charge is 0.246 e. The van der Waals surface area contributed by atoms with Crippen molar-refractivity contribution in [3.8, 4) is 123 Å². The quantitative estimate of drug-likeness (QED) is 0.130. The van der Waals surface area contributed by atoms with Gasteiger partial charge in [-0.25, -0.2) is 19.9 Å². The fraction of sp³-hybridized carbons (Fsp3) is 0. The Kier molecular flexibility index (Phi) is 12.0. The molecule has 0 amide bonds. The Bertz CT molecular complexity index is 3570. The van der Waals surface area contributed by atoms with Crippen LogP contribution < -0.4 is 0 Å². The summed E-state index contributed by atoms with van der Waals surface area (Å²) in [5.74, 6) is 1.83. The van der Waals surface area contributed by atoms with E-state index in [9.17, 15) is 0 Å². The van der Waals surface area contributed by atoms with Gasteiger partial charge < -0.3 is 0 Å². The molecule has 0 spiro atoms. The van der Waals surface area contributed by atoms with E-state index in [-0.39, 0.29) is 0 Å². The fourth-order valence-electron chi connectivity index (χ4n) is 9.57. The van der Waals surface area contributed by atoms with Gasteiger partial charge in [-0.05, 0) is 56.1 Å². The van der Waals surface area contributed by atoms with Crippen LogP contribution in [0.25, 0.3) is 123 Å². The zero-order valence-corrected chi connectivity index (χ0v) is 39.3. The normalized spacial score (nSPS) is 11.1. The number of benzene rings is 10. The molecule has 10 aromatic carbocycles. The molecule has 0 aliphatic rings. The van der Waals surface area contributed by atoms with Crippen molar-refractivity contribution < 1.29 is 0 Å². The van der Waals surface area contributed by atoms with Gasteiger partial charge in [-0.1, -0.05) is 273 Å². The number of aromatic nitrogens is 4. The number of nitrogens with zero attached hydrogens (tertiary/aromatic N) is 4. The van der Waals surface area contributed by atoms with Crippen LogP contribution in [0, 0.1) is 0 Å². The summed E-state index contributed by atoms with van der Waals surface area (Å²) in [6.07, 6.45) is 0. The standard InChI is InChI=1S/C68H46N4/c1-7-20-47(21-8-1)49-36-42-57(43-37-49)66-70-67(58-44-38-50(39-45-58)48-22-9-2-10-23-48)72-68(71-66)60-33-19-32-59(46-60)51-34-40-54(41-35-51)61-62(52-24-11-3-12-25-52)64(55-28-15-5-16-29-55)69-65(56-30-17-6-18-31-56)63(61)53-26-13-4-14-27-53/h1-46H. The lowest BCUT2D eigenvalue weighted by atomic mass is 9.83. The van der Waals surface area contributed by atoms with E-state index in [4.69, 9.17) is 19.9 Å². The van der Waals surface area contributed by atoms with Crippen molar-refractivity contribution in [3.63, 3.8) is 0 Å². The Hall–Kier alpha value is -9.64. The molecule has 0 fully saturated rings. The van der Waals surface area contributed by atoms with Crippen LogP contribution in [0.3, 0.4) is 0 Å². The average molecular weight is 919 g/mol. The summed E-state index contributed by atoms with van der Waals surface area (Å²) in [5.41, 5.74) is 20.0. The van der Waals surface area contributed by atoms with Crippen LogP contribution in [-0.4, -0.2) is 19.9 Å². The van der Waals surface area contributed by atoms with E-state index in [0.717, 1.165) is 106 Å². The minimum absolute atomic E-state index is 0.603. The molecule has 0 bridgehead atoms. The number of pyridine rings is 1. The molecule has 2 heterocycles. The molecule has 338 valence electrons. The first-order valence-electron chi connectivity index (χ1n) is 24.3. The molecule has 0 atom stereocenters. The second-order valence-corrected chi connectivity index (χ2v) is 17.7. The van der Waals surface area contributed by atoms with E-state index in [1.54, 1.807) is 0 Å². The van der Waals surface area contributed by atoms with Crippen molar-refractivity contribution in [2.75, 3.05) is 0 Å². The first kappa shape index (κ1) is 43.6. The van der Waals surface area contributed by atoms with Crippen LogP contribution in [0.2, 0.25) is 0 Å². The topological polar surface area (TPSA) is 51.6 Å². The molecule has 4 nitrogen and oxygen atoms in total. The maximum Gasteiger partial charge on any atom is 0.164 e. The van der Waals surface area contributed by atoms with E-state index in [0.29, 0.717) is 17.5 Å². The van der Waals surface area contributed by atoms with Crippen molar-refractivity contribution in [1.29, 1.82) is 0 Å². The van der Waals surface area contributed by atoms with E-state index in [2.05, 4.69) is 267 Å². The number of hydrogen-bond acceptors (Lipinski definition) is 4. The molecule has 0 radical (unpaired) electrons. The minimum atomic E-state index is 0.603. The molecule has 0 saturated heterocycles. The highest BCUT2D eigenvalue weighted by atomic mass is 15.0. The number of rotatable bonds is 11. The number of hydrogen-bond donors (Lipinski definition) is 0. The first-order chi connectivity index (χ1) is 35.7. The lowest BCUT2D eigenvalue weighted by molar-refractivity contribution is 1.07. The maximum atomic E-state index is 5.62. The van der Waals surface area contributed by atoms with Crippen molar-refractivity contribution in [2.24, 2.45) is 0 Å². The van der Waals surface area contributed by atoms with Gasteiger partial charge >= 0.3 is 0 Å². The molecule has 12 aromatic rings. The molecular weight excluding hydrogens is 873 g/mol. The third-order valence-corrected chi connectivity index (χ3v) is 13.2. The Morgan fingerprint density at radius 3 is 0.792 bits per heavy atom. The third kappa shape index (κ3) is 8.93. The summed E-state index contributed by atoms with van der Waals surface area (Å²) in [4.78, 5) is 21.1. The van der Waals surface area contributed by atoms with Gasteiger partial charge in [0.25, 0.3) is 0 Å². The van der Waals surface area contributed by atoms with Crippen molar-refractivity contribution in [1.82, 2.24) is 19.9 Å². The van der Waals surface area contributed by atoms with E-state index in [1.165, 1.54) is 0 Å². The van der Waals surface area contributed by atoms with Gasteiger partial charge in [0, 0.05) is 44.5 Å². The second-order valence-electron chi connectivity index (χ2n) is 17.7. The second kappa shape index (κ2) is 19.8. The lowest BCUT2D eigenvalue weighted by Gasteiger charge is -2.23. The van der Waals surface area contributed by atoms with Crippen LogP contribution >= 0.6 is 0 Å². The van der Waals surface area contributed by atoms with Crippen LogP contribution in [-0.2, 0) is 0 Å². The predicted molar refractivity (Wildman–Crippen MR) is 297 cm³/mol. The first-order valence-corrected chi connectivity index (χ1v) is 24.3. The molecule has 0 aliphatic heterocycles. The lowest BCUT2D eigenvalue weighted by Crippen LogP contribution is -2.01. The van der Waals surface area contributed by atoms with E-state index >= 15 is 0 Å². The zero-order valence-electron chi connectivity index (χ0n) is 39.3. The van der Waals surface area contributed by atoms with Crippen LogP contribution in [0.15, 0.2) is 279 Å². The molecule has 0 N–H and O–H groups in total. The van der Waals surface area contributed by atoms with Crippen LogP contribution in [0.4, 0.5) is 0 Å². The van der Waals surface area contributed by atoms with Gasteiger partial charge in [0.15, 0.2) is 17.5 Å². The summed E-state index contributed by atoms with van der Waals surface area (Å²) in [6, 6.07) is 97.8. The minimum Gasteiger partial charge on any atom is -0.246 e. The highest BCUT2D eigenvalue weighted by Gasteiger charge is 2.25.